The Kier molecular flexibility index (Phi) is 7.87. The van der Waals surface area contributed by atoms with E-state index in [1.807, 2.05) is 54.7 Å². The Bertz CT molecular complexity index is 2780. The second-order valence-corrected chi connectivity index (χ2v) is 14.0. The first-order chi connectivity index (χ1) is 25.6. The summed E-state index contributed by atoms with van der Waals surface area (Å²) in [5.74, 6) is 0.652. The molecule has 0 aliphatic carbocycles. The molecule has 3 aromatic heterocycles. The van der Waals surface area contributed by atoms with E-state index in [-0.39, 0.29) is 0 Å². The fourth-order valence-corrected chi connectivity index (χ4v) is 8.32. The van der Waals surface area contributed by atoms with E-state index < -0.39 is 0 Å². The fraction of sp³-hybridized carbons (Fsp3) is 0.0208. The molecule has 0 bridgehead atoms. The van der Waals surface area contributed by atoms with Crippen LogP contribution in [0.4, 0.5) is 0 Å². The zero-order chi connectivity index (χ0) is 35.2. The van der Waals surface area contributed by atoms with E-state index in [9.17, 15) is 0 Å². The number of fused-ring (bicyclic) bond motifs is 4. The molecule has 0 saturated heterocycles. The van der Waals surface area contributed by atoms with Crippen LogP contribution in [0.2, 0.25) is 0 Å². The lowest BCUT2D eigenvalue weighted by Gasteiger charge is -2.17. The topological polar surface area (TPSA) is 38.7 Å². The molecule has 0 radical (unpaired) electrons. The lowest BCUT2D eigenvalue weighted by molar-refractivity contribution is 1.18. The van der Waals surface area contributed by atoms with Gasteiger partial charge >= 0.3 is 0 Å². The van der Waals surface area contributed by atoms with Gasteiger partial charge in [-0.1, -0.05) is 135 Å². The summed E-state index contributed by atoms with van der Waals surface area (Å²) in [7, 11) is 0. The number of hydrogen-bond donors (Lipinski definition) is 0. The Hall–Kier alpha value is -6.49. The van der Waals surface area contributed by atoms with E-state index in [2.05, 4.69) is 123 Å². The summed E-state index contributed by atoms with van der Waals surface area (Å²) in [6, 6.07) is 49.0. The molecule has 52 heavy (non-hydrogen) atoms. The first-order valence-electron chi connectivity index (χ1n) is 17.3. The molecule has 4 heteroatoms. The summed E-state index contributed by atoms with van der Waals surface area (Å²) >= 11 is 1.74. The smallest absolute Gasteiger partial charge is 0.161 e. The zero-order valence-electron chi connectivity index (χ0n) is 28.7. The van der Waals surface area contributed by atoms with Gasteiger partial charge in [0.2, 0.25) is 0 Å². The van der Waals surface area contributed by atoms with E-state index in [4.69, 9.17) is 15.0 Å². The van der Waals surface area contributed by atoms with Gasteiger partial charge in [-0.3, -0.25) is 0 Å². The molecule has 0 amide bonds. The van der Waals surface area contributed by atoms with E-state index in [1.165, 1.54) is 15.6 Å². The van der Waals surface area contributed by atoms with E-state index in [0.717, 1.165) is 82.4 Å². The number of benzene rings is 6. The van der Waals surface area contributed by atoms with Gasteiger partial charge in [-0.05, 0) is 81.4 Å². The maximum atomic E-state index is 5.30. The number of thiophene rings is 1. The van der Waals surface area contributed by atoms with Gasteiger partial charge in [0.05, 0.1) is 11.4 Å². The van der Waals surface area contributed by atoms with Crippen LogP contribution in [-0.4, -0.2) is 15.0 Å². The van der Waals surface area contributed by atoms with Gasteiger partial charge < -0.3 is 0 Å². The molecule has 0 spiro atoms. The molecule has 3 heterocycles. The standard InChI is InChI=1S/C48H33N3S/c1-4-31-25-41(39-19-13-12-18-38(39)36(31)5-2)34-21-23-37(35-27-43-40-22-20-30(3)24-46(40)52-48(43)49-29-35)42(26-34)47-50-44(32-14-8-6-9-15-32)28-45(51-47)33-16-10-7-11-17-33/h4-29H,1-2H2,3H3. The van der Waals surface area contributed by atoms with Crippen molar-refractivity contribution in [2.75, 3.05) is 0 Å². The molecule has 0 aliphatic heterocycles. The molecule has 9 rings (SSSR count). The van der Waals surface area contributed by atoms with E-state index in [0.29, 0.717) is 5.82 Å². The van der Waals surface area contributed by atoms with Crippen molar-refractivity contribution in [2.24, 2.45) is 0 Å². The van der Waals surface area contributed by atoms with Crippen molar-refractivity contribution in [2.45, 2.75) is 6.92 Å². The number of hydrogen-bond acceptors (Lipinski definition) is 4. The molecule has 0 saturated carbocycles. The van der Waals surface area contributed by atoms with Crippen LogP contribution in [0, 0.1) is 6.92 Å². The Morgan fingerprint density at radius 1 is 0.519 bits per heavy atom. The number of pyridine rings is 1. The summed E-state index contributed by atoms with van der Waals surface area (Å²) in [6.45, 7) is 10.4. The Morgan fingerprint density at radius 3 is 1.90 bits per heavy atom. The summed E-state index contributed by atoms with van der Waals surface area (Å²) in [5, 5.41) is 4.66. The van der Waals surface area contributed by atoms with Crippen molar-refractivity contribution in [3.63, 3.8) is 0 Å². The van der Waals surface area contributed by atoms with Crippen molar-refractivity contribution < 1.29 is 0 Å². The predicted octanol–water partition coefficient (Wildman–Crippen LogP) is 13.3. The molecule has 246 valence electrons. The van der Waals surface area contributed by atoms with Gasteiger partial charge in [0, 0.05) is 43.9 Å². The van der Waals surface area contributed by atoms with Crippen LogP contribution < -0.4 is 0 Å². The van der Waals surface area contributed by atoms with Crippen LogP contribution in [0.25, 0.3) is 99.4 Å². The molecule has 0 fully saturated rings. The fourth-order valence-electron chi connectivity index (χ4n) is 7.20. The number of nitrogens with zero attached hydrogens (tertiary/aromatic N) is 3. The number of aryl methyl sites for hydroxylation is 1. The van der Waals surface area contributed by atoms with E-state index >= 15 is 0 Å². The molecular formula is C48H33N3S. The van der Waals surface area contributed by atoms with Crippen molar-refractivity contribution in [3.05, 3.63) is 176 Å². The van der Waals surface area contributed by atoms with E-state index in [1.54, 1.807) is 11.3 Å². The number of aromatic nitrogens is 3. The Morgan fingerprint density at radius 2 is 1.21 bits per heavy atom. The van der Waals surface area contributed by atoms with Crippen molar-refractivity contribution in [1.29, 1.82) is 0 Å². The summed E-state index contributed by atoms with van der Waals surface area (Å²) < 4.78 is 1.24. The summed E-state index contributed by atoms with van der Waals surface area (Å²) in [5.41, 5.74) is 12.3. The first-order valence-corrected chi connectivity index (χ1v) is 18.1. The second kappa shape index (κ2) is 13.0. The minimum Gasteiger partial charge on any atom is -0.245 e. The van der Waals surface area contributed by atoms with Crippen LogP contribution >= 0.6 is 11.3 Å². The molecular weight excluding hydrogens is 651 g/mol. The summed E-state index contributed by atoms with van der Waals surface area (Å²) in [4.78, 5) is 16.6. The molecule has 0 unspecified atom stereocenters. The van der Waals surface area contributed by atoms with Gasteiger partial charge in [-0.15, -0.1) is 11.3 Å². The van der Waals surface area contributed by atoms with Crippen LogP contribution in [-0.2, 0) is 0 Å². The number of rotatable bonds is 7. The van der Waals surface area contributed by atoms with Gasteiger partial charge in [0.1, 0.15) is 4.83 Å². The minimum absolute atomic E-state index is 0.652. The molecule has 3 nitrogen and oxygen atoms in total. The molecule has 9 aromatic rings. The lowest BCUT2D eigenvalue weighted by Crippen LogP contribution is -1.98. The largest absolute Gasteiger partial charge is 0.245 e. The molecule has 0 atom stereocenters. The molecule has 6 aromatic carbocycles. The Balaban J connectivity index is 1.34. The third-order valence-electron chi connectivity index (χ3n) is 9.78. The van der Waals surface area contributed by atoms with Gasteiger partial charge in [-0.25, -0.2) is 15.0 Å². The normalized spacial score (nSPS) is 11.3. The second-order valence-electron chi connectivity index (χ2n) is 13.0. The highest BCUT2D eigenvalue weighted by molar-refractivity contribution is 7.25. The third kappa shape index (κ3) is 5.51. The zero-order valence-corrected chi connectivity index (χ0v) is 29.5. The van der Waals surface area contributed by atoms with Crippen LogP contribution in [0.1, 0.15) is 16.7 Å². The first kappa shape index (κ1) is 31.5. The van der Waals surface area contributed by atoms with Crippen molar-refractivity contribution >= 4 is 54.6 Å². The monoisotopic (exact) mass is 683 g/mol. The van der Waals surface area contributed by atoms with Gasteiger partial charge in [0.15, 0.2) is 5.82 Å². The molecule has 0 aliphatic rings. The third-order valence-corrected chi connectivity index (χ3v) is 10.9. The minimum atomic E-state index is 0.652. The van der Waals surface area contributed by atoms with Gasteiger partial charge in [-0.2, -0.15) is 0 Å². The SMILES string of the molecule is C=Cc1cc(-c2ccc(-c3cnc4sc5cc(C)ccc5c4c3)c(-c3nc(-c4ccccc4)cc(-c4ccccc4)n3)c2)c2ccccc2c1C=C. The highest BCUT2D eigenvalue weighted by Crippen LogP contribution is 2.42. The molecule has 0 N–H and O–H groups in total. The van der Waals surface area contributed by atoms with Crippen LogP contribution in [0.3, 0.4) is 0 Å². The van der Waals surface area contributed by atoms with Gasteiger partial charge in [0.25, 0.3) is 0 Å². The van der Waals surface area contributed by atoms with Crippen molar-refractivity contribution in [3.8, 4) is 56.2 Å². The lowest BCUT2D eigenvalue weighted by atomic mass is 9.89. The maximum Gasteiger partial charge on any atom is 0.161 e. The van der Waals surface area contributed by atoms with Crippen molar-refractivity contribution in [1.82, 2.24) is 15.0 Å². The van der Waals surface area contributed by atoms with Crippen LogP contribution in [0.5, 0.6) is 0 Å². The maximum absolute atomic E-state index is 5.30. The quantitative estimate of drug-likeness (QED) is 0.168. The van der Waals surface area contributed by atoms with Crippen LogP contribution in [0.15, 0.2) is 159 Å². The Labute approximate surface area is 307 Å². The highest BCUT2D eigenvalue weighted by atomic mass is 32.1. The average Bonchev–Trinajstić information content (AvgIpc) is 3.57. The summed E-state index contributed by atoms with van der Waals surface area (Å²) in [6.07, 6.45) is 5.82. The highest BCUT2D eigenvalue weighted by Gasteiger charge is 2.19. The average molecular weight is 684 g/mol. The predicted molar refractivity (Wildman–Crippen MR) is 222 cm³/mol.